The molecule has 0 radical (unpaired) electrons. The van der Waals surface area contributed by atoms with Crippen molar-refractivity contribution in [1.82, 2.24) is 19.9 Å². The summed E-state index contributed by atoms with van der Waals surface area (Å²) in [5.74, 6) is 0.168. The van der Waals surface area contributed by atoms with E-state index in [1.807, 2.05) is 54.6 Å². The summed E-state index contributed by atoms with van der Waals surface area (Å²) in [6.45, 7) is 6.52. The number of rotatable bonds is 7. The zero-order valence-electron chi connectivity index (χ0n) is 20.2. The van der Waals surface area contributed by atoms with E-state index < -0.39 is 6.09 Å². The SMILES string of the molecule is CN(C(=O)c1csc(C(CN(Cc2nc3ccccc3[nH]2)C(=O)O)C(C)(C)C)n1)c1ccccc1. The molecule has 2 aromatic heterocycles. The third-order valence-corrected chi connectivity index (χ3v) is 6.94. The number of hydrogen-bond donors (Lipinski definition) is 2. The first-order valence-corrected chi connectivity index (χ1v) is 12.2. The van der Waals surface area contributed by atoms with E-state index in [4.69, 9.17) is 0 Å². The summed E-state index contributed by atoms with van der Waals surface area (Å²) in [6, 6.07) is 17.0. The van der Waals surface area contributed by atoms with Gasteiger partial charge in [0.1, 0.15) is 11.5 Å². The van der Waals surface area contributed by atoms with Crippen molar-refractivity contribution in [3.8, 4) is 0 Å². The standard InChI is InChI=1S/C26H29N5O3S/c1-26(2,3)18(14-31(25(33)34)15-22-27-19-12-8-9-13-20(19)28-22)23-29-21(16-35-23)24(32)30(4)17-10-6-5-7-11-17/h5-13,16,18H,14-15H2,1-4H3,(H,27,28)(H,33,34). The summed E-state index contributed by atoms with van der Waals surface area (Å²) in [4.78, 5) is 40.5. The number of fused-ring (bicyclic) bond motifs is 1. The van der Waals surface area contributed by atoms with Gasteiger partial charge in [-0.3, -0.25) is 4.79 Å². The molecule has 2 heterocycles. The maximum atomic E-state index is 13.0. The van der Waals surface area contributed by atoms with Crippen LogP contribution in [0.15, 0.2) is 60.0 Å². The molecule has 35 heavy (non-hydrogen) atoms. The van der Waals surface area contributed by atoms with Crippen LogP contribution in [0.3, 0.4) is 0 Å². The minimum absolute atomic E-state index is 0.129. The van der Waals surface area contributed by atoms with Crippen molar-refractivity contribution in [1.29, 1.82) is 0 Å². The Morgan fingerprint density at radius 2 is 1.74 bits per heavy atom. The summed E-state index contributed by atoms with van der Waals surface area (Å²) in [7, 11) is 1.72. The maximum absolute atomic E-state index is 13.0. The van der Waals surface area contributed by atoms with Gasteiger partial charge in [-0.25, -0.2) is 14.8 Å². The van der Waals surface area contributed by atoms with Crippen LogP contribution in [-0.2, 0) is 6.54 Å². The Bertz CT molecular complexity index is 1290. The van der Waals surface area contributed by atoms with Gasteiger partial charge in [0.15, 0.2) is 0 Å². The number of aromatic amines is 1. The molecule has 9 heteroatoms. The lowest BCUT2D eigenvalue weighted by Gasteiger charge is -2.32. The monoisotopic (exact) mass is 491 g/mol. The Hall–Kier alpha value is -3.72. The molecule has 1 atom stereocenters. The lowest BCUT2D eigenvalue weighted by molar-refractivity contribution is 0.0987. The Morgan fingerprint density at radius 1 is 1.06 bits per heavy atom. The molecule has 182 valence electrons. The number of benzene rings is 2. The van der Waals surface area contributed by atoms with Crippen molar-refractivity contribution in [2.75, 3.05) is 18.5 Å². The number of nitrogens with one attached hydrogen (secondary N) is 1. The Morgan fingerprint density at radius 3 is 2.40 bits per heavy atom. The van der Waals surface area contributed by atoms with E-state index in [9.17, 15) is 14.7 Å². The number of thiazole rings is 1. The molecular weight excluding hydrogens is 462 g/mol. The summed E-state index contributed by atoms with van der Waals surface area (Å²) >= 11 is 1.39. The molecule has 0 fully saturated rings. The number of H-pyrrole nitrogens is 1. The van der Waals surface area contributed by atoms with E-state index >= 15 is 0 Å². The molecule has 2 N–H and O–H groups in total. The van der Waals surface area contributed by atoms with E-state index in [0.29, 0.717) is 11.5 Å². The summed E-state index contributed by atoms with van der Waals surface area (Å²) in [5, 5.41) is 12.5. The van der Waals surface area contributed by atoms with Gasteiger partial charge in [0.05, 0.1) is 22.6 Å². The molecule has 0 aliphatic carbocycles. The van der Waals surface area contributed by atoms with Gasteiger partial charge in [0.2, 0.25) is 0 Å². The Balaban J connectivity index is 1.56. The number of anilines is 1. The zero-order valence-corrected chi connectivity index (χ0v) is 21.0. The van der Waals surface area contributed by atoms with Crippen molar-refractivity contribution in [2.24, 2.45) is 5.41 Å². The molecule has 0 saturated heterocycles. The van der Waals surface area contributed by atoms with Gasteiger partial charge in [0, 0.05) is 30.6 Å². The summed E-state index contributed by atoms with van der Waals surface area (Å²) in [5.41, 5.74) is 2.51. The molecule has 0 aliphatic heterocycles. The van der Waals surface area contributed by atoms with Crippen LogP contribution in [0.25, 0.3) is 11.0 Å². The Kier molecular flexibility index (Phi) is 6.88. The highest BCUT2D eigenvalue weighted by Gasteiger charge is 2.33. The molecule has 0 saturated carbocycles. The van der Waals surface area contributed by atoms with Gasteiger partial charge >= 0.3 is 6.09 Å². The highest BCUT2D eigenvalue weighted by atomic mass is 32.1. The van der Waals surface area contributed by atoms with Crippen LogP contribution in [0.1, 0.15) is 48.0 Å². The predicted octanol–water partition coefficient (Wildman–Crippen LogP) is 5.61. The number of nitrogens with zero attached hydrogens (tertiary/aromatic N) is 4. The predicted molar refractivity (Wildman–Crippen MR) is 138 cm³/mol. The van der Waals surface area contributed by atoms with Gasteiger partial charge in [-0.05, 0) is 29.7 Å². The van der Waals surface area contributed by atoms with Crippen LogP contribution in [0, 0.1) is 5.41 Å². The molecule has 0 aliphatic rings. The number of hydrogen-bond acceptors (Lipinski definition) is 5. The zero-order chi connectivity index (χ0) is 25.2. The highest BCUT2D eigenvalue weighted by molar-refractivity contribution is 7.10. The van der Waals surface area contributed by atoms with Crippen LogP contribution in [0.4, 0.5) is 10.5 Å². The maximum Gasteiger partial charge on any atom is 0.407 e. The van der Waals surface area contributed by atoms with Crippen LogP contribution in [-0.4, -0.2) is 50.6 Å². The van der Waals surface area contributed by atoms with Gasteiger partial charge < -0.3 is 19.9 Å². The first-order valence-electron chi connectivity index (χ1n) is 11.3. The van der Waals surface area contributed by atoms with Crippen molar-refractivity contribution < 1.29 is 14.7 Å². The molecule has 1 unspecified atom stereocenters. The van der Waals surface area contributed by atoms with Gasteiger partial charge in [-0.2, -0.15) is 0 Å². The van der Waals surface area contributed by atoms with E-state index in [0.717, 1.165) is 21.7 Å². The van der Waals surface area contributed by atoms with E-state index in [1.165, 1.54) is 16.2 Å². The smallest absolute Gasteiger partial charge is 0.407 e. The van der Waals surface area contributed by atoms with Crippen molar-refractivity contribution in [3.63, 3.8) is 0 Å². The molecule has 2 amide bonds. The fourth-order valence-corrected chi connectivity index (χ4v) is 5.03. The number of para-hydroxylation sites is 3. The third-order valence-electron chi connectivity index (χ3n) is 5.99. The molecule has 2 aromatic carbocycles. The largest absolute Gasteiger partial charge is 0.465 e. The quantitative estimate of drug-likeness (QED) is 0.350. The minimum Gasteiger partial charge on any atom is -0.465 e. The normalized spacial score (nSPS) is 12.5. The second-order valence-electron chi connectivity index (χ2n) is 9.55. The topological polar surface area (TPSA) is 102 Å². The van der Waals surface area contributed by atoms with E-state index in [1.54, 1.807) is 17.3 Å². The number of carboxylic acid groups (broad SMARTS) is 1. The molecule has 8 nitrogen and oxygen atoms in total. The molecule has 0 spiro atoms. The van der Waals surface area contributed by atoms with Crippen molar-refractivity contribution >= 4 is 40.1 Å². The summed E-state index contributed by atoms with van der Waals surface area (Å²) < 4.78 is 0. The van der Waals surface area contributed by atoms with Gasteiger partial charge in [0.25, 0.3) is 5.91 Å². The lowest BCUT2D eigenvalue weighted by atomic mass is 9.80. The van der Waals surface area contributed by atoms with Crippen LogP contribution >= 0.6 is 11.3 Å². The average Bonchev–Trinajstić information content (AvgIpc) is 3.47. The fourth-order valence-electron chi connectivity index (χ4n) is 3.90. The van der Waals surface area contributed by atoms with Crippen LogP contribution in [0.2, 0.25) is 0 Å². The lowest BCUT2D eigenvalue weighted by Crippen LogP contribution is -2.37. The molecule has 0 bridgehead atoms. The summed E-state index contributed by atoms with van der Waals surface area (Å²) in [6.07, 6.45) is -1.03. The number of carbonyl (C=O) groups excluding carboxylic acids is 1. The number of aromatic nitrogens is 3. The first-order chi connectivity index (χ1) is 16.6. The molecule has 4 rings (SSSR count). The average molecular weight is 492 g/mol. The second kappa shape index (κ2) is 9.87. The fraction of sp³-hybridized carbons (Fsp3) is 0.308. The van der Waals surface area contributed by atoms with E-state index in [2.05, 4.69) is 35.7 Å². The minimum atomic E-state index is -1.03. The van der Waals surface area contributed by atoms with Crippen LogP contribution < -0.4 is 4.90 Å². The molecule has 4 aromatic rings. The van der Waals surface area contributed by atoms with Crippen LogP contribution in [0.5, 0.6) is 0 Å². The third kappa shape index (κ3) is 5.51. The van der Waals surface area contributed by atoms with Gasteiger partial charge in [-0.15, -0.1) is 11.3 Å². The second-order valence-corrected chi connectivity index (χ2v) is 10.4. The number of amides is 2. The number of carbonyl (C=O) groups is 2. The number of imidazole rings is 1. The van der Waals surface area contributed by atoms with E-state index in [-0.39, 0.29) is 30.3 Å². The van der Waals surface area contributed by atoms with Crippen molar-refractivity contribution in [2.45, 2.75) is 33.2 Å². The van der Waals surface area contributed by atoms with Crippen molar-refractivity contribution in [3.05, 3.63) is 76.5 Å². The molecular formula is C26H29N5O3S. The highest BCUT2D eigenvalue weighted by Crippen LogP contribution is 2.38. The first kappa shape index (κ1) is 24.4. The Labute approximate surface area is 208 Å². The van der Waals surface area contributed by atoms with Gasteiger partial charge in [-0.1, -0.05) is 51.1 Å².